The molecule has 0 fully saturated rings. The van der Waals surface area contributed by atoms with E-state index in [4.69, 9.17) is 28.4 Å². The molecule has 0 rings (SSSR count). The van der Waals surface area contributed by atoms with E-state index in [0.29, 0.717) is 52.9 Å². The second-order valence-electron chi connectivity index (χ2n) is 8.94. The van der Waals surface area contributed by atoms with Crippen LogP contribution >= 0.6 is 0 Å². The number of ether oxygens (including phenoxy) is 6. The molecular formula is C21H42O7. The predicted octanol–water partition coefficient (Wildman–Crippen LogP) is 3.09. The lowest BCUT2D eigenvalue weighted by atomic mass is 9.89. The average Bonchev–Trinajstić information content (AvgIpc) is 2.58. The van der Waals surface area contributed by atoms with Gasteiger partial charge >= 0.3 is 5.97 Å². The van der Waals surface area contributed by atoms with Crippen LogP contribution in [0.4, 0.5) is 0 Å². The van der Waals surface area contributed by atoms with Gasteiger partial charge in [-0.1, -0.05) is 20.8 Å². The van der Waals surface area contributed by atoms with Crippen LogP contribution in [-0.4, -0.2) is 78.6 Å². The molecule has 0 saturated carbocycles. The minimum atomic E-state index is -0.510. The molecule has 0 radical (unpaired) electrons. The molecule has 168 valence electrons. The number of carbonyl (C=O) groups excluding carboxylic acids is 1. The second-order valence-corrected chi connectivity index (χ2v) is 8.94. The van der Waals surface area contributed by atoms with Crippen molar-refractivity contribution in [2.45, 2.75) is 54.1 Å². The van der Waals surface area contributed by atoms with Gasteiger partial charge in [-0.05, 0) is 32.6 Å². The van der Waals surface area contributed by atoms with Crippen LogP contribution in [0.5, 0.6) is 0 Å². The first-order valence-corrected chi connectivity index (χ1v) is 10.1. The quantitative estimate of drug-likeness (QED) is 0.288. The number of hydrogen-bond donors (Lipinski definition) is 0. The van der Waals surface area contributed by atoms with Gasteiger partial charge in [0.15, 0.2) is 0 Å². The molecule has 0 aliphatic rings. The van der Waals surface area contributed by atoms with E-state index >= 15 is 0 Å². The number of esters is 1. The molecule has 0 aliphatic carbocycles. The van der Waals surface area contributed by atoms with E-state index in [1.807, 2.05) is 20.8 Å². The Morgan fingerprint density at radius 2 is 1.21 bits per heavy atom. The topological polar surface area (TPSA) is 72.5 Å². The summed E-state index contributed by atoms with van der Waals surface area (Å²) in [6.07, 6.45) is 0.659. The van der Waals surface area contributed by atoms with Crippen molar-refractivity contribution >= 4 is 5.97 Å². The average molecular weight is 407 g/mol. The Balaban J connectivity index is 3.86. The zero-order valence-electron chi connectivity index (χ0n) is 19.0. The van der Waals surface area contributed by atoms with E-state index in [-0.39, 0.29) is 24.1 Å². The molecule has 0 heterocycles. The third-order valence-electron chi connectivity index (χ3n) is 3.61. The van der Waals surface area contributed by atoms with Gasteiger partial charge in [0.05, 0.1) is 64.4 Å². The SMILES string of the molecule is COCCOCCOCCOCCOC(COC(=O)C(C)(C)C)CC(C)(C)C. The standard InChI is InChI=1S/C21H42O7/c1-20(2,3)16-18(17-28-19(22)21(4,5)6)27-15-14-26-13-12-25-11-10-24-9-8-23-7/h18H,8-17H2,1-7H3. The molecule has 7 heteroatoms. The molecule has 0 aromatic heterocycles. The molecule has 7 nitrogen and oxygen atoms in total. The Labute approximate surface area is 171 Å². The van der Waals surface area contributed by atoms with Gasteiger partial charge in [-0.3, -0.25) is 4.79 Å². The summed E-state index contributed by atoms with van der Waals surface area (Å²) in [5.41, 5.74) is -0.428. The first-order valence-electron chi connectivity index (χ1n) is 10.1. The van der Waals surface area contributed by atoms with E-state index in [0.717, 1.165) is 6.42 Å². The Bertz CT molecular complexity index is 385. The summed E-state index contributed by atoms with van der Waals surface area (Å²) in [6.45, 7) is 16.4. The number of hydrogen-bond acceptors (Lipinski definition) is 7. The van der Waals surface area contributed by atoms with Crippen LogP contribution in [0.1, 0.15) is 48.0 Å². The molecule has 1 atom stereocenters. The van der Waals surface area contributed by atoms with Crippen LogP contribution in [0, 0.1) is 10.8 Å². The summed E-state index contributed by atoms with van der Waals surface area (Å²) >= 11 is 0. The van der Waals surface area contributed by atoms with Gasteiger partial charge in [0.1, 0.15) is 6.61 Å². The maximum absolute atomic E-state index is 12.0. The molecule has 0 spiro atoms. The van der Waals surface area contributed by atoms with Crippen molar-refractivity contribution in [3.8, 4) is 0 Å². The minimum absolute atomic E-state index is 0.0822. The monoisotopic (exact) mass is 406 g/mol. The first kappa shape index (κ1) is 27.3. The minimum Gasteiger partial charge on any atom is -0.463 e. The lowest BCUT2D eigenvalue weighted by Gasteiger charge is -2.27. The van der Waals surface area contributed by atoms with E-state index in [1.165, 1.54) is 0 Å². The molecule has 0 saturated heterocycles. The highest BCUT2D eigenvalue weighted by atomic mass is 16.6. The van der Waals surface area contributed by atoms with E-state index in [1.54, 1.807) is 7.11 Å². The van der Waals surface area contributed by atoms with Gasteiger partial charge < -0.3 is 28.4 Å². The fourth-order valence-corrected chi connectivity index (χ4v) is 2.19. The Kier molecular flexibility index (Phi) is 14.8. The summed E-state index contributed by atoms with van der Waals surface area (Å²) < 4.78 is 32.4. The van der Waals surface area contributed by atoms with Crippen LogP contribution in [0.3, 0.4) is 0 Å². The van der Waals surface area contributed by atoms with Crippen LogP contribution < -0.4 is 0 Å². The van der Waals surface area contributed by atoms with Crippen molar-refractivity contribution in [1.29, 1.82) is 0 Å². The number of methoxy groups -OCH3 is 1. The Hall–Kier alpha value is -0.730. The molecule has 28 heavy (non-hydrogen) atoms. The highest BCUT2D eigenvalue weighted by Gasteiger charge is 2.26. The first-order chi connectivity index (χ1) is 13.1. The van der Waals surface area contributed by atoms with Gasteiger partial charge in [-0.2, -0.15) is 0 Å². The van der Waals surface area contributed by atoms with Crippen molar-refractivity contribution in [2.75, 3.05) is 66.6 Å². The Morgan fingerprint density at radius 1 is 0.750 bits per heavy atom. The van der Waals surface area contributed by atoms with Crippen LogP contribution in [0.25, 0.3) is 0 Å². The molecule has 1 unspecified atom stereocenters. The van der Waals surface area contributed by atoms with Crippen LogP contribution in [0.15, 0.2) is 0 Å². The molecule has 0 N–H and O–H groups in total. The molecule has 0 aliphatic heterocycles. The number of carbonyl (C=O) groups is 1. The van der Waals surface area contributed by atoms with Crippen molar-refractivity contribution in [2.24, 2.45) is 10.8 Å². The number of rotatable bonds is 16. The summed E-state index contributed by atoms with van der Waals surface area (Å²) in [5.74, 6) is -0.213. The second kappa shape index (κ2) is 15.2. The smallest absolute Gasteiger partial charge is 0.311 e. The third kappa shape index (κ3) is 17.4. The lowest BCUT2D eigenvalue weighted by molar-refractivity contribution is -0.158. The van der Waals surface area contributed by atoms with E-state index in [9.17, 15) is 4.79 Å². The molecule has 0 bridgehead atoms. The molecule has 0 aromatic rings. The van der Waals surface area contributed by atoms with Gasteiger partial charge in [0.2, 0.25) is 0 Å². The molecule has 0 amide bonds. The zero-order valence-corrected chi connectivity index (χ0v) is 19.0. The van der Waals surface area contributed by atoms with E-state index < -0.39 is 5.41 Å². The molecular weight excluding hydrogens is 364 g/mol. The summed E-state index contributed by atoms with van der Waals surface area (Å²) in [6, 6.07) is 0. The van der Waals surface area contributed by atoms with Crippen molar-refractivity contribution in [3.63, 3.8) is 0 Å². The van der Waals surface area contributed by atoms with Gasteiger partial charge in [-0.15, -0.1) is 0 Å². The normalized spacial score (nSPS) is 13.5. The fourth-order valence-electron chi connectivity index (χ4n) is 2.19. The van der Waals surface area contributed by atoms with Crippen molar-refractivity contribution in [1.82, 2.24) is 0 Å². The summed E-state index contributed by atoms with van der Waals surface area (Å²) in [5, 5.41) is 0. The summed E-state index contributed by atoms with van der Waals surface area (Å²) in [4.78, 5) is 12.0. The van der Waals surface area contributed by atoms with Crippen LogP contribution in [0.2, 0.25) is 0 Å². The van der Waals surface area contributed by atoms with Gasteiger partial charge in [0.25, 0.3) is 0 Å². The largest absolute Gasteiger partial charge is 0.463 e. The van der Waals surface area contributed by atoms with Gasteiger partial charge in [-0.25, -0.2) is 0 Å². The fraction of sp³-hybridized carbons (Fsp3) is 0.952. The third-order valence-corrected chi connectivity index (χ3v) is 3.61. The van der Waals surface area contributed by atoms with Crippen LogP contribution in [-0.2, 0) is 33.2 Å². The zero-order chi connectivity index (χ0) is 21.5. The lowest BCUT2D eigenvalue weighted by Crippen LogP contribution is -2.31. The summed E-state index contributed by atoms with van der Waals surface area (Å²) in [7, 11) is 1.64. The maximum atomic E-state index is 12.0. The van der Waals surface area contributed by atoms with E-state index in [2.05, 4.69) is 20.8 Å². The molecule has 0 aromatic carbocycles. The maximum Gasteiger partial charge on any atom is 0.311 e. The predicted molar refractivity (Wildman–Crippen MR) is 109 cm³/mol. The van der Waals surface area contributed by atoms with Gasteiger partial charge in [0, 0.05) is 7.11 Å². The highest BCUT2D eigenvalue weighted by molar-refractivity contribution is 5.75. The van der Waals surface area contributed by atoms with Crippen molar-refractivity contribution < 1.29 is 33.2 Å². The van der Waals surface area contributed by atoms with Crippen molar-refractivity contribution in [3.05, 3.63) is 0 Å². The Morgan fingerprint density at radius 3 is 1.64 bits per heavy atom. The highest BCUT2D eigenvalue weighted by Crippen LogP contribution is 2.23.